The van der Waals surface area contributed by atoms with E-state index in [1.165, 1.54) is 0 Å². The molecule has 1 rings (SSSR count). The molecule has 1 fully saturated rings. The van der Waals surface area contributed by atoms with Gasteiger partial charge in [0, 0.05) is 24.4 Å². The molecule has 0 radical (unpaired) electrons. The summed E-state index contributed by atoms with van der Waals surface area (Å²) in [6, 6.07) is 0. The van der Waals surface area contributed by atoms with Gasteiger partial charge in [0.2, 0.25) is 0 Å². The normalized spacial score (nSPS) is 25.6. The van der Waals surface area contributed by atoms with Gasteiger partial charge < -0.3 is 10.6 Å². The van der Waals surface area contributed by atoms with E-state index < -0.39 is 17.4 Å². The number of hydrogen-bond acceptors (Lipinski definition) is 2. The van der Waals surface area contributed by atoms with Crippen LogP contribution in [0.4, 0.5) is 8.78 Å². The van der Waals surface area contributed by atoms with Crippen molar-refractivity contribution in [3.05, 3.63) is 0 Å². The summed E-state index contributed by atoms with van der Waals surface area (Å²) < 4.78 is 27.7. The topological polar surface area (TPSA) is 29.3 Å². The van der Waals surface area contributed by atoms with Gasteiger partial charge in [-0.15, -0.1) is 0 Å². The third kappa shape index (κ3) is 4.03. The minimum atomic E-state index is -2.63. The lowest BCUT2D eigenvalue weighted by Gasteiger charge is -2.37. The Labute approximate surface area is 90.8 Å². The smallest absolute Gasteiger partial charge is 0.253 e. The number of piperidine rings is 1. The molecule has 4 heteroatoms. The Bertz CT molecular complexity index is 211. The fourth-order valence-corrected chi connectivity index (χ4v) is 2.26. The van der Waals surface area contributed by atoms with E-state index in [1.807, 2.05) is 11.9 Å². The molecule has 1 unspecified atom stereocenters. The third-order valence-electron chi connectivity index (χ3n) is 2.91. The van der Waals surface area contributed by atoms with Gasteiger partial charge in [-0.2, -0.15) is 0 Å². The van der Waals surface area contributed by atoms with E-state index >= 15 is 0 Å². The van der Waals surface area contributed by atoms with Crippen LogP contribution in [0.5, 0.6) is 0 Å². The predicted molar refractivity (Wildman–Crippen MR) is 58.1 cm³/mol. The Morgan fingerprint density at radius 3 is 2.47 bits per heavy atom. The number of likely N-dealkylation sites (tertiary alicyclic amines) is 1. The van der Waals surface area contributed by atoms with E-state index in [4.69, 9.17) is 5.73 Å². The first-order valence-electron chi connectivity index (χ1n) is 5.56. The minimum absolute atomic E-state index is 0.224. The molecule has 1 saturated heterocycles. The monoisotopic (exact) mass is 220 g/mol. The van der Waals surface area contributed by atoms with E-state index in [0.717, 1.165) is 13.0 Å². The van der Waals surface area contributed by atoms with E-state index in [-0.39, 0.29) is 6.42 Å². The molecule has 0 aliphatic carbocycles. The van der Waals surface area contributed by atoms with Gasteiger partial charge in [0.05, 0.1) is 0 Å². The highest BCUT2D eigenvalue weighted by molar-refractivity contribution is 4.89. The van der Waals surface area contributed by atoms with Crippen molar-refractivity contribution in [3.63, 3.8) is 0 Å². The lowest BCUT2D eigenvalue weighted by atomic mass is 9.85. The molecular weight excluding hydrogens is 198 g/mol. The number of halogens is 2. The molecule has 0 aromatic rings. The quantitative estimate of drug-likeness (QED) is 0.789. The van der Waals surface area contributed by atoms with Crippen LogP contribution >= 0.6 is 0 Å². The Hall–Kier alpha value is -0.220. The molecule has 0 bridgehead atoms. The minimum Gasteiger partial charge on any atom is -0.325 e. The maximum atomic E-state index is 13.9. The second-order valence-electron chi connectivity index (χ2n) is 5.53. The van der Waals surface area contributed by atoms with Crippen LogP contribution in [0.3, 0.4) is 0 Å². The SMILES string of the molecule is CN1CCCC(C(F)(F)CC(C)(C)N)C1. The zero-order valence-electron chi connectivity index (χ0n) is 9.89. The average molecular weight is 220 g/mol. The predicted octanol–water partition coefficient (Wildman–Crippen LogP) is 2.09. The van der Waals surface area contributed by atoms with Crippen LogP contribution in [0.25, 0.3) is 0 Å². The Kier molecular flexibility index (Phi) is 3.71. The summed E-state index contributed by atoms with van der Waals surface area (Å²) >= 11 is 0. The molecule has 1 aliphatic heterocycles. The Morgan fingerprint density at radius 1 is 1.40 bits per heavy atom. The Balaban J connectivity index is 2.59. The van der Waals surface area contributed by atoms with Crippen LogP contribution in [-0.2, 0) is 0 Å². The standard InChI is InChI=1S/C11H22F2N2/c1-10(2,14)8-11(12,13)9-5-4-6-15(3)7-9/h9H,4-8,14H2,1-3H3. The van der Waals surface area contributed by atoms with Crippen molar-refractivity contribution in [2.24, 2.45) is 11.7 Å². The van der Waals surface area contributed by atoms with Crippen molar-refractivity contribution in [1.82, 2.24) is 4.90 Å². The highest BCUT2D eigenvalue weighted by atomic mass is 19.3. The zero-order chi connectivity index (χ0) is 11.7. The van der Waals surface area contributed by atoms with E-state index in [0.29, 0.717) is 13.0 Å². The highest BCUT2D eigenvalue weighted by Gasteiger charge is 2.43. The molecular formula is C11H22F2N2. The van der Waals surface area contributed by atoms with E-state index in [9.17, 15) is 8.78 Å². The summed E-state index contributed by atoms with van der Waals surface area (Å²) in [4.78, 5) is 1.98. The van der Waals surface area contributed by atoms with Gasteiger partial charge in [0.25, 0.3) is 5.92 Å². The largest absolute Gasteiger partial charge is 0.325 e. The Morgan fingerprint density at radius 2 is 2.00 bits per heavy atom. The van der Waals surface area contributed by atoms with Gasteiger partial charge in [-0.3, -0.25) is 0 Å². The molecule has 2 N–H and O–H groups in total. The van der Waals surface area contributed by atoms with Crippen molar-refractivity contribution in [1.29, 1.82) is 0 Å². The summed E-state index contributed by atoms with van der Waals surface area (Å²) in [5, 5.41) is 0. The summed E-state index contributed by atoms with van der Waals surface area (Å²) in [5.74, 6) is -3.16. The molecule has 2 nitrogen and oxygen atoms in total. The highest BCUT2D eigenvalue weighted by Crippen LogP contribution is 2.37. The van der Waals surface area contributed by atoms with Crippen molar-refractivity contribution in [2.45, 2.75) is 44.6 Å². The van der Waals surface area contributed by atoms with Crippen LogP contribution in [0.2, 0.25) is 0 Å². The molecule has 1 aliphatic rings. The van der Waals surface area contributed by atoms with E-state index in [1.54, 1.807) is 13.8 Å². The van der Waals surface area contributed by atoms with E-state index in [2.05, 4.69) is 0 Å². The lowest BCUT2D eigenvalue weighted by molar-refractivity contribution is -0.0962. The fourth-order valence-electron chi connectivity index (χ4n) is 2.26. The van der Waals surface area contributed by atoms with Crippen LogP contribution in [0, 0.1) is 5.92 Å². The van der Waals surface area contributed by atoms with Gasteiger partial charge in [-0.05, 0) is 40.3 Å². The molecule has 1 atom stereocenters. The van der Waals surface area contributed by atoms with Gasteiger partial charge in [0.1, 0.15) is 0 Å². The number of hydrogen-bond donors (Lipinski definition) is 1. The van der Waals surface area contributed by atoms with Gasteiger partial charge in [-0.25, -0.2) is 8.78 Å². The van der Waals surface area contributed by atoms with Crippen molar-refractivity contribution < 1.29 is 8.78 Å². The fraction of sp³-hybridized carbons (Fsp3) is 1.00. The number of rotatable bonds is 3. The van der Waals surface area contributed by atoms with Gasteiger partial charge in [-0.1, -0.05) is 0 Å². The van der Waals surface area contributed by atoms with Crippen molar-refractivity contribution in [2.75, 3.05) is 20.1 Å². The lowest BCUT2D eigenvalue weighted by Crippen LogP contribution is -2.47. The van der Waals surface area contributed by atoms with Crippen molar-refractivity contribution >= 4 is 0 Å². The first-order valence-corrected chi connectivity index (χ1v) is 5.56. The second kappa shape index (κ2) is 4.34. The molecule has 0 aromatic heterocycles. The molecule has 0 amide bonds. The second-order valence-corrected chi connectivity index (χ2v) is 5.53. The van der Waals surface area contributed by atoms with Gasteiger partial charge in [0.15, 0.2) is 0 Å². The molecule has 15 heavy (non-hydrogen) atoms. The summed E-state index contributed by atoms with van der Waals surface area (Å²) in [7, 11) is 1.90. The average Bonchev–Trinajstić information content (AvgIpc) is 1.99. The van der Waals surface area contributed by atoms with Crippen LogP contribution in [0.15, 0.2) is 0 Å². The van der Waals surface area contributed by atoms with Crippen molar-refractivity contribution in [3.8, 4) is 0 Å². The third-order valence-corrected chi connectivity index (χ3v) is 2.91. The number of alkyl halides is 2. The summed E-state index contributed by atoms with van der Waals surface area (Å²) in [6.45, 7) is 4.74. The molecule has 1 heterocycles. The zero-order valence-corrected chi connectivity index (χ0v) is 9.89. The maximum Gasteiger partial charge on any atom is 0.253 e. The summed E-state index contributed by atoms with van der Waals surface area (Å²) in [5.41, 5.74) is 4.88. The molecule has 0 saturated carbocycles. The molecule has 0 spiro atoms. The maximum absolute atomic E-state index is 13.9. The van der Waals surface area contributed by atoms with Crippen LogP contribution in [-0.4, -0.2) is 36.5 Å². The first-order chi connectivity index (χ1) is 6.71. The van der Waals surface area contributed by atoms with Crippen LogP contribution < -0.4 is 5.73 Å². The van der Waals surface area contributed by atoms with Crippen LogP contribution in [0.1, 0.15) is 33.1 Å². The van der Waals surface area contributed by atoms with Gasteiger partial charge >= 0.3 is 0 Å². The number of nitrogens with two attached hydrogens (primary N) is 1. The molecule has 0 aromatic carbocycles. The molecule has 90 valence electrons. The summed E-state index contributed by atoms with van der Waals surface area (Å²) in [6.07, 6.45) is 1.26. The number of nitrogens with zero attached hydrogens (tertiary/aromatic N) is 1. The first kappa shape index (κ1) is 12.8.